The number of carbonyl (C=O) groups excluding carboxylic acids is 1. The average molecular weight is 309 g/mol. The van der Waals surface area contributed by atoms with Gasteiger partial charge in [-0.2, -0.15) is 0 Å². The van der Waals surface area contributed by atoms with Crippen molar-refractivity contribution in [3.8, 4) is 0 Å². The fourth-order valence-corrected chi connectivity index (χ4v) is 2.73. The first kappa shape index (κ1) is 15.1. The van der Waals surface area contributed by atoms with Crippen LogP contribution in [0.4, 0.5) is 5.69 Å². The second-order valence-corrected chi connectivity index (χ2v) is 5.84. The summed E-state index contributed by atoms with van der Waals surface area (Å²) < 4.78 is 3.32. The molecule has 118 valence electrons. The quantitative estimate of drug-likeness (QED) is 0.808. The number of amides is 1. The van der Waals surface area contributed by atoms with Gasteiger partial charge in [0, 0.05) is 25.1 Å². The Hall–Kier alpha value is -2.82. The fraction of sp³-hybridized carbons (Fsp3) is 0.222. The van der Waals surface area contributed by atoms with Crippen LogP contribution in [0.1, 0.15) is 11.1 Å². The molecule has 0 radical (unpaired) electrons. The third kappa shape index (κ3) is 2.90. The van der Waals surface area contributed by atoms with Crippen LogP contribution in [0.2, 0.25) is 0 Å². The number of hydrogen-bond acceptors (Lipinski definition) is 2. The Balaban J connectivity index is 1.83. The van der Waals surface area contributed by atoms with Crippen LogP contribution in [-0.4, -0.2) is 15.0 Å². The van der Waals surface area contributed by atoms with Gasteiger partial charge in [0.25, 0.3) is 5.56 Å². The number of hydrogen-bond donors (Lipinski definition) is 1. The number of nitrogens with one attached hydrogen (secondary N) is 1. The Morgan fingerprint density at radius 2 is 1.91 bits per heavy atom. The molecule has 3 aromatic rings. The highest BCUT2D eigenvalue weighted by Gasteiger charge is 2.10. The fourth-order valence-electron chi connectivity index (χ4n) is 2.73. The summed E-state index contributed by atoms with van der Waals surface area (Å²) in [6, 6.07) is 9.51. The maximum Gasteiger partial charge on any atom is 0.259 e. The summed E-state index contributed by atoms with van der Waals surface area (Å²) in [5.41, 5.74) is 3.71. The van der Waals surface area contributed by atoms with E-state index in [9.17, 15) is 9.59 Å². The summed E-state index contributed by atoms with van der Waals surface area (Å²) in [5.74, 6) is -0.116. The van der Waals surface area contributed by atoms with Crippen molar-refractivity contribution in [2.24, 2.45) is 7.05 Å². The van der Waals surface area contributed by atoms with Crippen LogP contribution in [0.3, 0.4) is 0 Å². The van der Waals surface area contributed by atoms with Gasteiger partial charge >= 0.3 is 0 Å². The van der Waals surface area contributed by atoms with Crippen LogP contribution in [0.25, 0.3) is 10.9 Å². The minimum absolute atomic E-state index is 0.0592. The van der Waals surface area contributed by atoms with Gasteiger partial charge in [0.05, 0.1) is 10.9 Å². The molecule has 23 heavy (non-hydrogen) atoms. The summed E-state index contributed by atoms with van der Waals surface area (Å²) in [6.45, 7) is 4.16. The monoisotopic (exact) mass is 309 g/mol. The highest BCUT2D eigenvalue weighted by atomic mass is 16.2. The topological polar surface area (TPSA) is 56.0 Å². The minimum atomic E-state index is -0.116. The molecule has 2 heterocycles. The first-order chi connectivity index (χ1) is 11.0. The molecule has 1 aromatic carbocycles. The van der Waals surface area contributed by atoms with Crippen LogP contribution >= 0.6 is 0 Å². The van der Waals surface area contributed by atoms with Gasteiger partial charge in [0.15, 0.2) is 0 Å². The Labute approximate surface area is 134 Å². The molecule has 0 bridgehead atoms. The normalized spacial score (nSPS) is 10.9. The predicted octanol–water partition coefficient (Wildman–Crippen LogP) is 2.60. The SMILES string of the molecule is Cc1ccc(NC(=O)Cn2ccc3c(=O)n(C)ccc32)c(C)c1. The number of aryl methyl sites for hydroxylation is 3. The van der Waals surface area contributed by atoms with Gasteiger partial charge in [-0.25, -0.2) is 0 Å². The zero-order chi connectivity index (χ0) is 16.6. The van der Waals surface area contributed by atoms with Crippen molar-refractivity contribution in [3.05, 3.63) is 64.2 Å². The van der Waals surface area contributed by atoms with Crippen LogP contribution < -0.4 is 10.9 Å². The van der Waals surface area contributed by atoms with Gasteiger partial charge in [-0.3, -0.25) is 9.59 Å². The molecule has 1 N–H and O–H groups in total. The van der Waals surface area contributed by atoms with E-state index < -0.39 is 0 Å². The van der Waals surface area contributed by atoms with Gasteiger partial charge in [-0.05, 0) is 37.6 Å². The van der Waals surface area contributed by atoms with E-state index in [2.05, 4.69) is 5.32 Å². The number of fused-ring (bicyclic) bond motifs is 1. The molecular formula is C18H19N3O2. The smallest absolute Gasteiger partial charge is 0.259 e. The number of anilines is 1. The lowest BCUT2D eigenvalue weighted by Crippen LogP contribution is -2.20. The van der Waals surface area contributed by atoms with Crippen molar-refractivity contribution in [2.75, 3.05) is 5.32 Å². The molecule has 0 spiro atoms. The number of benzene rings is 1. The maximum atomic E-state index is 12.3. The molecule has 0 saturated heterocycles. The van der Waals surface area contributed by atoms with E-state index in [1.165, 1.54) is 4.57 Å². The van der Waals surface area contributed by atoms with E-state index in [1.807, 2.05) is 38.1 Å². The molecule has 5 nitrogen and oxygen atoms in total. The van der Waals surface area contributed by atoms with Crippen molar-refractivity contribution in [1.82, 2.24) is 9.13 Å². The Kier molecular flexibility index (Phi) is 3.78. The van der Waals surface area contributed by atoms with E-state index in [0.29, 0.717) is 5.39 Å². The first-order valence-corrected chi connectivity index (χ1v) is 7.47. The second kappa shape index (κ2) is 5.76. The number of carbonyl (C=O) groups is 1. The Morgan fingerprint density at radius 1 is 1.13 bits per heavy atom. The third-order valence-corrected chi connectivity index (χ3v) is 3.98. The number of nitrogens with zero attached hydrogens (tertiary/aromatic N) is 2. The molecule has 0 saturated carbocycles. The molecule has 0 atom stereocenters. The molecule has 0 aliphatic carbocycles. The summed E-state index contributed by atoms with van der Waals surface area (Å²) in [7, 11) is 1.71. The lowest BCUT2D eigenvalue weighted by Gasteiger charge is -2.10. The highest BCUT2D eigenvalue weighted by molar-refractivity contribution is 5.92. The highest BCUT2D eigenvalue weighted by Crippen LogP contribution is 2.17. The number of pyridine rings is 1. The number of aromatic nitrogens is 2. The van der Waals surface area contributed by atoms with Crippen molar-refractivity contribution < 1.29 is 4.79 Å². The zero-order valence-corrected chi connectivity index (χ0v) is 13.5. The van der Waals surface area contributed by atoms with Crippen molar-refractivity contribution in [1.29, 1.82) is 0 Å². The number of rotatable bonds is 3. The summed E-state index contributed by atoms with van der Waals surface area (Å²) in [5, 5.41) is 3.54. The molecule has 5 heteroatoms. The lowest BCUT2D eigenvalue weighted by molar-refractivity contribution is -0.116. The van der Waals surface area contributed by atoms with Crippen molar-refractivity contribution in [2.45, 2.75) is 20.4 Å². The third-order valence-electron chi connectivity index (χ3n) is 3.98. The van der Waals surface area contributed by atoms with Gasteiger partial charge in [0.2, 0.25) is 5.91 Å². The van der Waals surface area contributed by atoms with Crippen LogP contribution in [0, 0.1) is 13.8 Å². The van der Waals surface area contributed by atoms with Crippen LogP contribution in [0.15, 0.2) is 47.5 Å². The summed E-state index contributed by atoms with van der Waals surface area (Å²) >= 11 is 0. The lowest BCUT2D eigenvalue weighted by atomic mass is 10.1. The zero-order valence-electron chi connectivity index (χ0n) is 13.5. The van der Waals surface area contributed by atoms with Gasteiger partial charge in [0.1, 0.15) is 6.54 Å². The van der Waals surface area contributed by atoms with E-state index in [0.717, 1.165) is 22.3 Å². The van der Waals surface area contributed by atoms with E-state index in [1.54, 1.807) is 30.1 Å². The van der Waals surface area contributed by atoms with Crippen molar-refractivity contribution >= 4 is 22.5 Å². The molecule has 1 amide bonds. The van der Waals surface area contributed by atoms with Gasteiger partial charge < -0.3 is 14.5 Å². The molecule has 2 aromatic heterocycles. The Bertz CT molecular complexity index is 951. The van der Waals surface area contributed by atoms with Gasteiger partial charge in [-0.15, -0.1) is 0 Å². The van der Waals surface area contributed by atoms with Crippen molar-refractivity contribution in [3.63, 3.8) is 0 Å². The molecule has 3 rings (SSSR count). The largest absolute Gasteiger partial charge is 0.338 e. The first-order valence-electron chi connectivity index (χ1n) is 7.47. The van der Waals surface area contributed by atoms with Gasteiger partial charge in [-0.1, -0.05) is 17.7 Å². The van der Waals surface area contributed by atoms with Crippen LogP contribution in [0.5, 0.6) is 0 Å². The second-order valence-electron chi connectivity index (χ2n) is 5.84. The Morgan fingerprint density at radius 3 is 2.65 bits per heavy atom. The van der Waals surface area contributed by atoms with E-state index in [-0.39, 0.29) is 18.0 Å². The molecule has 0 aliphatic rings. The van der Waals surface area contributed by atoms with E-state index in [4.69, 9.17) is 0 Å². The predicted molar refractivity (Wildman–Crippen MR) is 91.7 cm³/mol. The minimum Gasteiger partial charge on any atom is -0.338 e. The standard InChI is InChI=1S/C18H19N3O2/c1-12-4-5-15(13(2)10-12)19-17(22)11-21-9-6-14-16(21)7-8-20(3)18(14)23/h4-10H,11H2,1-3H3,(H,19,22). The molecule has 0 fully saturated rings. The van der Waals surface area contributed by atoms with E-state index >= 15 is 0 Å². The molecule has 0 aliphatic heterocycles. The summed E-state index contributed by atoms with van der Waals surface area (Å²) in [6.07, 6.45) is 3.48. The molecule has 0 unspecified atom stereocenters. The molecular weight excluding hydrogens is 290 g/mol. The summed E-state index contributed by atoms with van der Waals surface area (Å²) in [4.78, 5) is 24.3. The van der Waals surface area contributed by atoms with Crippen LogP contribution in [-0.2, 0) is 18.4 Å². The maximum absolute atomic E-state index is 12.3. The average Bonchev–Trinajstić information content (AvgIpc) is 2.89.